The van der Waals surface area contributed by atoms with Crippen molar-refractivity contribution in [1.29, 1.82) is 0 Å². The van der Waals surface area contributed by atoms with E-state index in [-0.39, 0.29) is 0 Å². The Balaban J connectivity index is 3.36. The number of carbonyl (C=O) groups excluding carboxylic acids is 1. The molecule has 0 saturated carbocycles. The molecule has 0 atom stereocenters. The van der Waals surface area contributed by atoms with E-state index in [1.54, 1.807) is 0 Å². The van der Waals surface area contributed by atoms with Crippen LogP contribution in [0.2, 0.25) is 5.15 Å². The van der Waals surface area contributed by atoms with Gasteiger partial charge in [-0.1, -0.05) is 11.6 Å². The number of aromatic nitrogens is 2. The molecule has 1 aromatic rings. The van der Waals surface area contributed by atoms with E-state index < -0.39 is 28.3 Å². The monoisotopic (exact) mass is 192 g/mol. The van der Waals surface area contributed by atoms with Crippen molar-refractivity contribution in [2.75, 3.05) is 0 Å². The van der Waals surface area contributed by atoms with Crippen LogP contribution in [-0.2, 0) is 0 Å². The third-order valence-electron chi connectivity index (χ3n) is 1.15. The fourth-order valence-electron chi connectivity index (χ4n) is 0.601. The van der Waals surface area contributed by atoms with Crippen LogP contribution in [0.3, 0.4) is 0 Å². The summed E-state index contributed by atoms with van der Waals surface area (Å²) in [5.41, 5.74) is -0.642. The van der Waals surface area contributed by atoms with Crippen molar-refractivity contribution in [3.63, 3.8) is 0 Å². The fourth-order valence-corrected chi connectivity index (χ4v) is 0.722. The standard InChI is InChI=1S/C6H3ClF2N2O/c1-2(12)5-3(8)4(9)6(7)11-10-5/h1H3. The highest BCUT2D eigenvalue weighted by Gasteiger charge is 2.17. The van der Waals surface area contributed by atoms with Gasteiger partial charge in [0.2, 0.25) is 0 Å². The Morgan fingerprint density at radius 2 is 1.92 bits per heavy atom. The topological polar surface area (TPSA) is 42.9 Å². The minimum Gasteiger partial charge on any atom is -0.293 e. The normalized spacial score (nSPS) is 10.0. The number of ketones is 1. The summed E-state index contributed by atoms with van der Waals surface area (Å²) < 4.78 is 25.3. The number of rotatable bonds is 1. The molecule has 3 nitrogen and oxygen atoms in total. The van der Waals surface area contributed by atoms with Gasteiger partial charge in [0, 0.05) is 6.92 Å². The Morgan fingerprint density at radius 1 is 1.33 bits per heavy atom. The van der Waals surface area contributed by atoms with Gasteiger partial charge in [0.05, 0.1) is 0 Å². The van der Waals surface area contributed by atoms with Gasteiger partial charge in [-0.3, -0.25) is 4.79 Å². The Morgan fingerprint density at radius 3 is 2.42 bits per heavy atom. The predicted octanol–water partition coefficient (Wildman–Crippen LogP) is 1.61. The summed E-state index contributed by atoms with van der Waals surface area (Å²) in [6.07, 6.45) is 0. The highest BCUT2D eigenvalue weighted by atomic mass is 35.5. The highest BCUT2D eigenvalue weighted by molar-refractivity contribution is 6.29. The van der Waals surface area contributed by atoms with E-state index in [9.17, 15) is 13.6 Å². The first-order valence-corrected chi connectivity index (χ1v) is 3.30. The molecule has 0 saturated heterocycles. The lowest BCUT2D eigenvalue weighted by Gasteiger charge is -1.97. The molecule has 0 aliphatic rings. The van der Waals surface area contributed by atoms with Gasteiger partial charge in [-0.15, -0.1) is 10.2 Å². The summed E-state index contributed by atoms with van der Waals surface area (Å²) in [4.78, 5) is 10.6. The van der Waals surface area contributed by atoms with Gasteiger partial charge < -0.3 is 0 Å². The second-order valence-electron chi connectivity index (χ2n) is 2.02. The molecular weight excluding hydrogens is 190 g/mol. The van der Waals surface area contributed by atoms with Gasteiger partial charge in [-0.2, -0.15) is 0 Å². The van der Waals surface area contributed by atoms with E-state index in [1.165, 1.54) is 0 Å². The lowest BCUT2D eigenvalue weighted by molar-refractivity contribution is 0.100. The van der Waals surface area contributed by atoms with Gasteiger partial charge in [-0.25, -0.2) is 8.78 Å². The molecule has 0 unspecified atom stereocenters. The molecule has 0 spiro atoms. The molecule has 1 aromatic heterocycles. The maximum absolute atomic E-state index is 12.7. The van der Waals surface area contributed by atoms with Crippen LogP contribution < -0.4 is 0 Å². The Kier molecular flexibility index (Phi) is 2.32. The average Bonchev–Trinajstić information content (AvgIpc) is 2.00. The second kappa shape index (κ2) is 3.10. The summed E-state index contributed by atoms with van der Waals surface area (Å²) in [6.45, 7) is 1.06. The SMILES string of the molecule is CC(=O)c1nnc(Cl)c(F)c1F. The molecule has 1 rings (SSSR count). The van der Waals surface area contributed by atoms with Crippen molar-refractivity contribution in [3.05, 3.63) is 22.5 Å². The van der Waals surface area contributed by atoms with E-state index in [1.807, 2.05) is 0 Å². The Hall–Kier alpha value is -1.10. The molecule has 0 fully saturated rings. The molecule has 0 N–H and O–H groups in total. The van der Waals surface area contributed by atoms with Gasteiger partial charge in [0.25, 0.3) is 0 Å². The van der Waals surface area contributed by atoms with Gasteiger partial charge in [0.1, 0.15) is 0 Å². The third-order valence-corrected chi connectivity index (χ3v) is 1.39. The van der Waals surface area contributed by atoms with Gasteiger partial charge in [0.15, 0.2) is 28.3 Å². The van der Waals surface area contributed by atoms with Crippen LogP contribution in [0.25, 0.3) is 0 Å². The minimum absolute atomic E-state index is 0.642. The van der Waals surface area contributed by atoms with Crippen molar-refractivity contribution in [1.82, 2.24) is 10.2 Å². The summed E-state index contributed by atoms with van der Waals surface area (Å²) in [7, 11) is 0. The number of nitrogens with zero attached hydrogens (tertiary/aromatic N) is 2. The lowest BCUT2D eigenvalue weighted by Crippen LogP contribution is -2.06. The quantitative estimate of drug-likeness (QED) is 0.635. The van der Waals surface area contributed by atoms with Gasteiger partial charge >= 0.3 is 0 Å². The number of hydrogen-bond acceptors (Lipinski definition) is 3. The van der Waals surface area contributed by atoms with Crippen LogP contribution >= 0.6 is 11.6 Å². The summed E-state index contributed by atoms with van der Waals surface area (Å²) in [5, 5.41) is 5.45. The molecule has 6 heteroatoms. The van der Waals surface area contributed by atoms with Crippen molar-refractivity contribution >= 4 is 17.4 Å². The summed E-state index contributed by atoms with van der Waals surface area (Å²) >= 11 is 5.09. The molecule has 1 heterocycles. The molecule has 0 aromatic carbocycles. The lowest BCUT2D eigenvalue weighted by atomic mass is 10.3. The Bertz CT molecular complexity index is 343. The third kappa shape index (κ3) is 1.40. The summed E-state index contributed by atoms with van der Waals surface area (Å²) in [6, 6.07) is 0. The molecule has 64 valence electrons. The molecule has 0 aliphatic carbocycles. The molecular formula is C6H3ClF2N2O. The molecule has 12 heavy (non-hydrogen) atoms. The van der Waals surface area contributed by atoms with Crippen molar-refractivity contribution in [3.8, 4) is 0 Å². The van der Waals surface area contributed by atoms with Crippen LogP contribution in [0, 0.1) is 11.6 Å². The maximum Gasteiger partial charge on any atom is 0.200 e. The zero-order valence-electron chi connectivity index (χ0n) is 5.94. The maximum atomic E-state index is 12.7. The molecule has 0 amide bonds. The first-order valence-electron chi connectivity index (χ1n) is 2.92. The van der Waals surface area contributed by atoms with E-state index in [2.05, 4.69) is 10.2 Å². The van der Waals surface area contributed by atoms with Crippen LogP contribution in [0.5, 0.6) is 0 Å². The van der Waals surface area contributed by atoms with Crippen molar-refractivity contribution < 1.29 is 13.6 Å². The van der Waals surface area contributed by atoms with E-state index in [4.69, 9.17) is 11.6 Å². The molecule has 0 aliphatic heterocycles. The highest BCUT2D eigenvalue weighted by Crippen LogP contribution is 2.15. The Labute approximate surface area is 71.4 Å². The van der Waals surface area contributed by atoms with E-state index in [0.29, 0.717) is 0 Å². The largest absolute Gasteiger partial charge is 0.293 e. The van der Waals surface area contributed by atoms with E-state index >= 15 is 0 Å². The fraction of sp³-hybridized carbons (Fsp3) is 0.167. The molecule has 0 radical (unpaired) electrons. The minimum atomic E-state index is -1.36. The number of carbonyl (C=O) groups is 1. The van der Waals surface area contributed by atoms with Crippen molar-refractivity contribution in [2.24, 2.45) is 0 Å². The van der Waals surface area contributed by atoms with Crippen LogP contribution in [0.4, 0.5) is 8.78 Å². The second-order valence-corrected chi connectivity index (χ2v) is 2.38. The number of halogens is 3. The summed E-state index contributed by atoms with van der Waals surface area (Å²) in [5.74, 6) is -3.41. The first-order chi connectivity index (χ1) is 5.54. The zero-order valence-corrected chi connectivity index (χ0v) is 6.69. The van der Waals surface area contributed by atoms with Crippen LogP contribution in [0.1, 0.15) is 17.4 Å². The van der Waals surface area contributed by atoms with Crippen LogP contribution in [0.15, 0.2) is 0 Å². The predicted molar refractivity (Wildman–Crippen MR) is 37.0 cm³/mol. The van der Waals surface area contributed by atoms with Crippen LogP contribution in [-0.4, -0.2) is 16.0 Å². The van der Waals surface area contributed by atoms with Gasteiger partial charge in [-0.05, 0) is 0 Å². The zero-order chi connectivity index (χ0) is 9.30. The first kappa shape index (κ1) is 8.99. The smallest absolute Gasteiger partial charge is 0.200 e. The number of Topliss-reactive ketones (excluding diaryl/α,β-unsaturated/α-hetero) is 1. The van der Waals surface area contributed by atoms with Crippen molar-refractivity contribution in [2.45, 2.75) is 6.92 Å². The van der Waals surface area contributed by atoms with E-state index in [0.717, 1.165) is 6.92 Å². The number of hydrogen-bond donors (Lipinski definition) is 0. The average molecular weight is 193 g/mol. The molecule has 0 bridgehead atoms.